The lowest BCUT2D eigenvalue weighted by molar-refractivity contribution is 0.0730. The number of urea groups is 1. The molecule has 8 heteroatoms. The number of hydrogen-bond donors (Lipinski definition) is 2. The zero-order valence-electron chi connectivity index (χ0n) is 18.0. The van der Waals surface area contributed by atoms with Crippen molar-refractivity contribution < 1.29 is 13.8 Å². The van der Waals surface area contributed by atoms with Gasteiger partial charge in [-0.3, -0.25) is 14.3 Å². The van der Waals surface area contributed by atoms with Crippen LogP contribution in [0.2, 0.25) is 0 Å². The highest BCUT2D eigenvalue weighted by Gasteiger charge is 2.30. The molecule has 168 valence electrons. The molecule has 0 radical (unpaired) electrons. The summed E-state index contributed by atoms with van der Waals surface area (Å²) >= 11 is 1.40. The minimum Gasteiger partial charge on any atom is -0.338 e. The molecular weight excluding hydrogens is 430 g/mol. The highest BCUT2D eigenvalue weighted by Crippen LogP contribution is 2.37. The number of likely N-dealkylation sites (tertiary alicyclic amines) is 1. The normalized spacial score (nSPS) is 15.6. The van der Waals surface area contributed by atoms with Crippen molar-refractivity contribution in [1.29, 1.82) is 0 Å². The number of benzene rings is 1. The molecule has 2 heterocycles. The standard InChI is InChI=1S/C23H31N3O3S2/c1-3-5-8-16-31(29)17-11-14-26(15-12-17)22(27)20-18-9-6-7-10-19(18)30-21(20)25-23(28)24-13-4-2/h4,6-7,9-10,17H,2-3,5,8,11-16H2,1H3,(H2,24,25,28). The SMILES string of the molecule is C=CCNC(=O)Nc1sc2ccccc2c1C(=O)N1CCC(S(=O)CCCCC)CC1. The summed E-state index contributed by atoms with van der Waals surface area (Å²) < 4.78 is 13.5. The molecule has 1 fully saturated rings. The van der Waals surface area contributed by atoms with Crippen molar-refractivity contribution in [3.05, 3.63) is 42.5 Å². The molecule has 1 aliphatic heterocycles. The van der Waals surface area contributed by atoms with Crippen LogP contribution in [0, 0.1) is 0 Å². The number of amides is 3. The van der Waals surface area contributed by atoms with E-state index in [1.54, 1.807) is 6.08 Å². The number of carbonyl (C=O) groups is 2. The molecule has 0 spiro atoms. The monoisotopic (exact) mass is 461 g/mol. The summed E-state index contributed by atoms with van der Waals surface area (Å²) in [6.07, 6.45) is 6.37. The van der Waals surface area contributed by atoms with Gasteiger partial charge in [0.25, 0.3) is 5.91 Å². The van der Waals surface area contributed by atoms with E-state index in [2.05, 4.69) is 24.1 Å². The molecule has 1 aromatic heterocycles. The predicted molar refractivity (Wildman–Crippen MR) is 131 cm³/mol. The number of hydrogen-bond acceptors (Lipinski definition) is 4. The molecule has 0 saturated carbocycles. The summed E-state index contributed by atoms with van der Waals surface area (Å²) in [7, 11) is -0.820. The first kappa shape index (κ1) is 23.5. The van der Waals surface area contributed by atoms with E-state index in [1.807, 2.05) is 29.2 Å². The van der Waals surface area contributed by atoms with Crippen molar-refractivity contribution in [3.8, 4) is 0 Å². The maximum Gasteiger partial charge on any atom is 0.320 e. The quantitative estimate of drug-likeness (QED) is 0.418. The Bertz CT molecular complexity index is 949. The van der Waals surface area contributed by atoms with Gasteiger partial charge in [-0.2, -0.15) is 0 Å². The van der Waals surface area contributed by atoms with E-state index in [0.717, 1.165) is 47.9 Å². The lowest BCUT2D eigenvalue weighted by Crippen LogP contribution is -2.42. The summed E-state index contributed by atoms with van der Waals surface area (Å²) in [4.78, 5) is 27.5. The Morgan fingerprint density at radius 1 is 1.26 bits per heavy atom. The Morgan fingerprint density at radius 3 is 2.71 bits per heavy atom. The third-order valence-electron chi connectivity index (χ3n) is 5.49. The Balaban J connectivity index is 1.72. The first-order valence-corrected chi connectivity index (χ1v) is 13.1. The zero-order chi connectivity index (χ0) is 22.2. The van der Waals surface area contributed by atoms with Gasteiger partial charge in [-0.05, 0) is 25.3 Å². The van der Waals surface area contributed by atoms with Gasteiger partial charge in [-0.15, -0.1) is 17.9 Å². The molecular formula is C23H31N3O3S2. The first-order chi connectivity index (χ1) is 15.0. The smallest absolute Gasteiger partial charge is 0.320 e. The molecule has 1 aromatic carbocycles. The van der Waals surface area contributed by atoms with E-state index in [0.29, 0.717) is 30.2 Å². The van der Waals surface area contributed by atoms with Crippen LogP contribution >= 0.6 is 11.3 Å². The van der Waals surface area contributed by atoms with Crippen LogP contribution < -0.4 is 10.6 Å². The topological polar surface area (TPSA) is 78.5 Å². The molecule has 2 aromatic rings. The summed E-state index contributed by atoms with van der Waals surface area (Å²) in [5.41, 5.74) is 0.539. The summed E-state index contributed by atoms with van der Waals surface area (Å²) in [6.45, 7) is 7.28. The van der Waals surface area contributed by atoms with Gasteiger partial charge in [-0.25, -0.2) is 4.79 Å². The molecule has 3 rings (SSSR count). The number of nitrogens with zero attached hydrogens (tertiary/aromatic N) is 1. The number of piperidine rings is 1. The van der Waals surface area contributed by atoms with Gasteiger partial charge >= 0.3 is 6.03 Å². The molecule has 0 aliphatic carbocycles. The van der Waals surface area contributed by atoms with Crippen LogP contribution in [0.4, 0.5) is 9.80 Å². The first-order valence-electron chi connectivity index (χ1n) is 10.9. The van der Waals surface area contributed by atoms with Crippen molar-refractivity contribution in [3.63, 3.8) is 0 Å². The second-order valence-corrected chi connectivity index (χ2v) is 10.6. The number of carbonyl (C=O) groups excluding carboxylic acids is 2. The van der Waals surface area contributed by atoms with Gasteiger partial charge in [0.1, 0.15) is 5.00 Å². The fourth-order valence-corrected chi connectivity index (χ4v) is 6.45. The molecule has 3 amide bonds. The summed E-state index contributed by atoms with van der Waals surface area (Å²) in [5, 5.41) is 7.10. The fraction of sp³-hybridized carbons (Fsp3) is 0.478. The summed E-state index contributed by atoms with van der Waals surface area (Å²) in [5.74, 6) is 0.682. The van der Waals surface area contributed by atoms with Crippen LogP contribution in [0.25, 0.3) is 10.1 Å². The minimum absolute atomic E-state index is 0.0771. The second-order valence-electron chi connectivity index (χ2n) is 7.71. The average molecular weight is 462 g/mol. The van der Waals surface area contributed by atoms with Gasteiger partial charge in [0, 0.05) is 51.5 Å². The maximum absolute atomic E-state index is 13.4. The highest BCUT2D eigenvalue weighted by molar-refractivity contribution is 7.85. The van der Waals surface area contributed by atoms with Crippen molar-refractivity contribution in [2.75, 3.05) is 30.7 Å². The third kappa shape index (κ3) is 5.95. The number of thiophene rings is 1. The number of anilines is 1. The lowest BCUT2D eigenvalue weighted by atomic mass is 10.1. The molecule has 6 nitrogen and oxygen atoms in total. The average Bonchev–Trinajstić information content (AvgIpc) is 3.15. The minimum atomic E-state index is -0.820. The molecule has 0 bridgehead atoms. The van der Waals surface area contributed by atoms with Crippen LogP contribution in [0.15, 0.2) is 36.9 Å². The predicted octanol–water partition coefficient (Wildman–Crippen LogP) is 4.75. The largest absolute Gasteiger partial charge is 0.338 e. The molecule has 1 atom stereocenters. The van der Waals surface area contributed by atoms with E-state index in [4.69, 9.17) is 0 Å². The van der Waals surface area contributed by atoms with Crippen molar-refractivity contribution in [2.24, 2.45) is 0 Å². The van der Waals surface area contributed by atoms with Gasteiger partial charge in [0.15, 0.2) is 0 Å². The fourth-order valence-electron chi connectivity index (χ4n) is 3.80. The van der Waals surface area contributed by atoms with Crippen molar-refractivity contribution in [2.45, 2.75) is 44.3 Å². The van der Waals surface area contributed by atoms with Crippen LogP contribution in [-0.4, -0.2) is 51.7 Å². The Hall–Kier alpha value is -2.19. The van der Waals surface area contributed by atoms with Gasteiger partial charge < -0.3 is 10.2 Å². The van der Waals surface area contributed by atoms with E-state index in [-0.39, 0.29) is 17.2 Å². The molecule has 31 heavy (non-hydrogen) atoms. The summed E-state index contributed by atoms with van der Waals surface area (Å²) in [6, 6.07) is 7.34. The number of fused-ring (bicyclic) bond motifs is 1. The van der Waals surface area contributed by atoms with E-state index < -0.39 is 10.8 Å². The van der Waals surface area contributed by atoms with Crippen LogP contribution in [0.1, 0.15) is 49.4 Å². The van der Waals surface area contributed by atoms with Gasteiger partial charge in [0.05, 0.1) is 5.56 Å². The Morgan fingerprint density at radius 2 is 2.00 bits per heavy atom. The van der Waals surface area contributed by atoms with E-state index >= 15 is 0 Å². The number of unbranched alkanes of at least 4 members (excludes halogenated alkanes) is 2. The maximum atomic E-state index is 13.4. The highest BCUT2D eigenvalue weighted by atomic mass is 32.2. The molecule has 2 N–H and O–H groups in total. The van der Waals surface area contributed by atoms with E-state index in [1.165, 1.54) is 11.3 Å². The van der Waals surface area contributed by atoms with Gasteiger partial charge in [0.2, 0.25) is 0 Å². The van der Waals surface area contributed by atoms with Crippen LogP contribution in [-0.2, 0) is 10.8 Å². The van der Waals surface area contributed by atoms with Crippen LogP contribution in [0.3, 0.4) is 0 Å². The molecule has 1 aliphatic rings. The molecule has 1 unspecified atom stereocenters. The van der Waals surface area contributed by atoms with Crippen molar-refractivity contribution in [1.82, 2.24) is 10.2 Å². The van der Waals surface area contributed by atoms with Crippen LogP contribution in [0.5, 0.6) is 0 Å². The van der Waals surface area contributed by atoms with Crippen molar-refractivity contribution >= 4 is 49.2 Å². The molecule has 1 saturated heterocycles. The third-order valence-corrected chi connectivity index (χ3v) is 8.49. The number of nitrogens with one attached hydrogen (secondary N) is 2. The number of rotatable bonds is 9. The van der Waals surface area contributed by atoms with Gasteiger partial charge in [-0.1, -0.05) is 44.0 Å². The zero-order valence-corrected chi connectivity index (χ0v) is 19.7. The Labute approximate surface area is 190 Å². The second kappa shape index (κ2) is 11.4. The Kier molecular flexibility index (Phi) is 8.66. The van der Waals surface area contributed by atoms with E-state index in [9.17, 15) is 13.8 Å². The lowest BCUT2D eigenvalue weighted by Gasteiger charge is -2.31.